The molecular formula is C19H27BrN4. The molecule has 0 radical (unpaired) electrons. The maximum absolute atomic E-state index is 4.50. The number of imidazole rings is 1. The van der Waals surface area contributed by atoms with Gasteiger partial charge in [0.2, 0.25) is 0 Å². The molecule has 0 saturated carbocycles. The number of hydrogen-bond donors (Lipinski definition) is 2. The zero-order valence-corrected chi connectivity index (χ0v) is 16.1. The van der Waals surface area contributed by atoms with E-state index < -0.39 is 0 Å². The Bertz CT molecular complexity index is 652. The number of nitrogens with zero attached hydrogens (tertiary/aromatic N) is 2. The van der Waals surface area contributed by atoms with E-state index in [1.54, 1.807) is 0 Å². The van der Waals surface area contributed by atoms with Crippen molar-refractivity contribution in [1.82, 2.24) is 20.2 Å². The molecule has 130 valence electrons. The molecule has 0 bridgehead atoms. The van der Waals surface area contributed by atoms with Gasteiger partial charge in [0.25, 0.3) is 0 Å². The highest BCUT2D eigenvalue weighted by Crippen LogP contribution is 2.21. The van der Waals surface area contributed by atoms with Crippen molar-refractivity contribution in [3.63, 3.8) is 0 Å². The Balaban J connectivity index is 1.49. The van der Waals surface area contributed by atoms with Gasteiger partial charge in [-0.2, -0.15) is 0 Å². The van der Waals surface area contributed by atoms with Crippen molar-refractivity contribution < 1.29 is 0 Å². The van der Waals surface area contributed by atoms with Gasteiger partial charge in [-0.25, -0.2) is 4.98 Å². The van der Waals surface area contributed by atoms with Crippen molar-refractivity contribution in [2.45, 2.75) is 39.3 Å². The maximum Gasteiger partial charge on any atom is 0.120 e. The van der Waals surface area contributed by atoms with Crippen molar-refractivity contribution in [1.29, 1.82) is 0 Å². The van der Waals surface area contributed by atoms with Gasteiger partial charge in [-0.3, -0.25) is 0 Å². The van der Waals surface area contributed by atoms with Gasteiger partial charge in [-0.15, -0.1) is 0 Å². The van der Waals surface area contributed by atoms with E-state index in [1.165, 1.54) is 25.9 Å². The zero-order valence-electron chi connectivity index (χ0n) is 14.6. The van der Waals surface area contributed by atoms with Crippen molar-refractivity contribution in [3.8, 4) is 11.3 Å². The highest BCUT2D eigenvalue weighted by atomic mass is 79.9. The second-order valence-corrected chi connectivity index (χ2v) is 7.90. The minimum Gasteiger partial charge on any atom is -0.341 e. The molecule has 0 aliphatic carbocycles. The van der Waals surface area contributed by atoms with Crippen LogP contribution in [0.3, 0.4) is 0 Å². The summed E-state index contributed by atoms with van der Waals surface area (Å²) in [5.41, 5.74) is 2.22. The summed E-state index contributed by atoms with van der Waals surface area (Å²) in [6.07, 6.45) is 4.57. The van der Waals surface area contributed by atoms with Crippen molar-refractivity contribution in [3.05, 3.63) is 40.8 Å². The number of benzene rings is 1. The van der Waals surface area contributed by atoms with Crippen LogP contribution in [-0.2, 0) is 6.54 Å². The molecule has 2 heterocycles. The number of H-pyrrole nitrogens is 1. The Morgan fingerprint density at radius 1 is 1.42 bits per heavy atom. The van der Waals surface area contributed by atoms with Crippen LogP contribution in [0.2, 0.25) is 0 Å². The number of likely N-dealkylation sites (tertiary alicyclic amines) is 1. The first-order chi connectivity index (χ1) is 11.6. The Hall–Kier alpha value is -1.17. The van der Waals surface area contributed by atoms with Gasteiger partial charge in [0.15, 0.2) is 0 Å². The molecule has 1 aromatic carbocycles. The largest absolute Gasteiger partial charge is 0.341 e. The lowest BCUT2D eigenvalue weighted by atomic mass is 9.97. The van der Waals surface area contributed by atoms with Gasteiger partial charge in [0.05, 0.1) is 18.4 Å². The fourth-order valence-electron chi connectivity index (χ4n) is 3.38. The van der Waals surface area contributed by atoms with Crippen molar-refractivity contribution in [2.75, 3.05) is 19.6 Å². The molecule has 1 unspecified atom stereocenters. The van der Waals surface area contributed by atoms with Gasteiger partial charge < -0.3 is 15.2 Å². The SMILES string of the molecule is CC(C)N1CCCC(CNCc2ncc(-c3cccc(Br)c3)[nH]2)C1. The number of piperidine rings is 1. The molecule has 0 spiro atoms. The van der Waals surface area contributed by atoms with E-state index in [0.717, 1.165) is 40.6 Å². The number of hydrogen-bond acceptors (Lipinski definition) is 3. The van der Waals surface area contributed by atoms with Gasteiger partial charge in [-0.1, -0.05) is 28.1 Å². The van der Waals surface area contributed by atoms with Crippen molar-refractivity contribution >= 4 is 15.9 Å². The summed E-state index contributed by atoms with van der Waals surface area (Å²) in [5.74, 6) is 1.75. The summed E-state index contributed by atoms with van der Waals surface area (Å²) in [6.45, 7) is 8.92. The third kappa shape index (κ3) is 4.68. The third-order valence-corrected chi connectivity index (χ3v) is 5.26. The molecule has 1 aliphatic rings. The normalized spacial score (nSPS) is 19.1. The van der Waals surface area contributed by atoms with E-state index in [9.17, 15) is 0 Å². The number of aromatic nitrogens is 2. The smallest absolute Gasteiger partial charge is 0.120 e. The molecule has 1 saturated heterocycles. The Kier molecular flexibility index (Phi) is 6.09. The van der Waals surface area contributed by atoms with Crippen LogP contribution in [0.15, 0.2) is 34.9 Å². The summed E-state index contributed by atoms with van der Waals surface area (Å²) in [6, 6.07) is 8.94. The van der Waals surface area contributed by atoms with E-state index in [0.29, 0.717) is 6.04 Å². The second-order valence-electron chi connectivity index (χ2n) is 6.98. The van der Waals surface area contributed by atoms with Crippen LogP contribution in [0.4, 0.5) is 0 Å². The summed E-state index contributed by atoms with van der Waals surface area (Å²) in [7, 11) is 0. The Labute approximate surface area is 153 Å². The first kappa shape index (κ1) is 17.6. The average Bonchev–Trinajstić information content (AvgIpc) is 3.04. The third-order valence-electron chi connectivity index (χ3n) is 4.77. The second kappa shape index (κ2) is 8.28. The van der Waals surface area contributed by atoms with Crippen LogP contribution in [0, 0.1) is 5.92 Å². The lowest BCUT2D eigenvalue weighted by molar-refractivity contribution is 0.138. The molecule has 1 aromatic heterocycles. The molecular weight excluding hydrogens is 364 g/mol. The summed E-state index contributed by atoms with van der Waals surface area (Å²) >= 11 is 3.52. The molecule has 24 heavy (non-hydrogen) atoms. The highest BCUT2D eigenvalue weighted by Gasteiger charge is 2.21. The number of rotatable bonds is 6. The number of aromatic amines is 1. The number of nitrogens with one attached hydrogen (secondary N) is 2. The fourth-order valence-corrected chi connectivity index (χ4v) is 3.78. The summed E-state index contributed by atoms with van der Waals surface area (Å²) < 4.78 is 1.08. The lowest BCUT2D eigenvalue weighted by Gasteiger charge is -2.35. The van der Waals surface area contributed by atoms with Crippen molar-refractivity contribution in [2.24, 2.45) is 5.92 Å². The van der Waals surface area contributed by atoms with Gasteiger partial charge in [-0.05, 0) is 57.8 Å². The van der Waals surface area contributed by atoms with E-state index in [1.807, 2.05) is 18.3 Å². The Morgan fingerprint density at radius 2 is 2.29 bits per heavy atom. The predicted molar refractivity (Wildman–Crippen MR) is 103 cm³/mol. The molecule has 1 aliphatic heterocycles. The molecule has 1 atom stereocenters. The first-order valence-electron chi connectivity index (χ1n) is 8.86. The average molecular weight is 391 g/mol. The molecule has 2 aromatic rings. The number of halogens is 1. The molecule has 1 fully saturated rings. The monoisotopic (exact) mass is 390 g/mol. The maximum atomic E-state index is 4.50. The van der Waals surface area contributed by atoms with E-state index in [2.05, 4.69) is 62.1 Å². The summed E-state index contributed by atoms with van der Waals surface area (Å²) in [4.78, 5) is 10.5. The minimum absolute atomic E-state index is 0.658. The summed E-state index contributed by atoms with van der Waals surface area (Å²) in [5, 5.41) is 3.58. The van der Waals surface area contributed by atoms with Crippen LogP contribution in [0.25, 0.3) is 11.3 Å². The van der Waals surface area contributed by atoms with Crippen LogP contribution in [0.5, 0.6) is 0 Å². The van der Waals surface area contributed by atoms with Crippen LogP contribution in [-0.4, -0.2) is 40.5 Å². The van der Waals surface area contributed by atoms with Crippen LogP contribution in [0.1, 0.15) is 32.5 Å². The molecule has 4 nitrogen and oxygen atoms in total. The fraction of sp³-hybridized carbons (Fsp3) is 0.526. The lowest BCUT2D eigenvalue weighted by Crippen LogP contribution is -2.42. The van der Waals surface area contributed by atoms with E-state index in [-0.39, 0.29) is 0 Å². The molecule has 3 rings (SSSR count). The minimum atomic E-state index is 0.658. The highest BCUT2D eigenvalue weighted by molar-refractivity contribution is 9.10. The zero-order chi connectivity index (χ0) is 16.9. The standard InChI is InChI=1S/C19H27BrN4/c1-14(2)24-8-4-5-15(13-24)10-21-12-19-22-11-18(23-19)16-6-3-7-17(20)9-16/h3,6-7,9,11,14-15,21H,4-5,8,10,12-13H2,1-2H3,(H,22,23). The van der Waals surface area contributed by atoms with Gasteiger partial charge in [0.1, 0.15) is 5.82 Å². The molecule has 0 amide bonds. The van der Waals surface area contributed by atoms with E-state index >= 15 is 0 Å². The van der Waals surface area contributed by atoms with Crippen LogP contribution < -0.4 is 5.32 Å². The van der Waals surface area contributed by atoms with Gasteiger partial charge in [0, 0.05) is 22.6 Å². The molecule has 2 N–H and O–H groups in total. The quantitative estimate of drug-likeness (QED) is 0.781. The topological polar surface area (TPSA) is 44.0 Å². The molecule has 5 heteroatoms. The predicted octanol–water partition coefficient (Wildman–Crippen LogP) is 4.05. The van der Waals surface area contributed by atoms with E-state index in [4.69, 9.17) is 0 Å². The first-order valence-corrected chi connectivity index (χ1v) is 9.65. The van der Waals surface area contributed by atoms with Crippen LogP contribution >= 0.6 is 15.9 Å². The van der Waals surface area contributed by atoms with Gasteiger partial charge >= 0.3 is 0 Å². The Morgan fingerprint density at radius 3 is 3.08 bits per heavy atom.